The summed E-state index contributed by atoms with van der Waals surface area (Å²) in [6.45, 7) is 7.72. The van der Waals surface area contributed by atoms with Gasteiger partial charge in [0.15, 0.2) is 0 Å². The van der Waals surface area contributed by atoms with E-state index in [0.717, 1.165) is 5.75 Å². The maximum atomic E-state index is 12.2. The van der Waals surface area contributed by atoms with Gasteiger partial charge in [0.1, 0.15) is 0 Å². The summed E-state index contributed by atoms with van der Waals surface area (Å²) < 4.78 is 0. The molecular formula is C12H19N2NaO3S. The van der Waals surface area contributed by atoms with Gasteiger partial charge in [0.05, 0.1) is 5.41 Å². The summed E-state index contributed by atoms with van der Waals surface area (Å²) in [4.78, 5) is 26.7. The van der Waals surface area contributed by atoms with Crippen molar-refractivity contribution in [2.24, 2.45) is 16.3 Å². The molecule has 2 unspecified atom stereocenters. The molecule has 0 saturated carbocycles. The third kappa shape index (κ3) is 3.54. The Morgan fingerprint density at radius 3 is 2.32 bits per heavy atom. The molecule has 0 radical (unpaired) electrons. The maximum absolute atomic E-state index is 12.2. The molecule has 0 saturated heterocycles. The van der Waals surface area contributed by atoms with Crippen molar-refractivity contribution in [3.8, 4) is 0 Å². The number of urea groups is 1. The van der Waals surface area contributed by atoms with Crippen LogP contribution in [0.5, 0.6) is 0 Å². The average molecular weight is 294 g/mol. The van der Waals surface area contributed by atoms with E-state index in [-0.39, 0.29) is 40.7 Å². The van der Waals surface area contributed by atoms with Gasteiger partial charge in [0.25, 0.3) is 0 Å². The minimum atomic E-state index is -1.21. The first-order valence-corrected chi connectivity index (χ1v) is 7.18. The molecule has 7 heteroatoms. The van der Waals surface area contributed by atoms with Crippen LogP contribution in [0.15, 0.2) is 4.99 Å². The number of hydrogen-bond acceptors (Lipinski definition) is 4. The van der Waals surface area contributed by atoms with Crippen molar-refractivity contribution in [2.75, 3.05) is 5.75 Å². The van der Waals surface area contributed by atoms with Crippen LogP contribution in [-0.2, 0) is 4.79 Å². The molecule has 0 bridgehead atoms. The van der Waals surface area contributed by atoms with Crippen molar-refractivity contribution >= 4 is 29.6 Å². The van der Waals surface area contributed by atoms with Crippen LogP contribution in [0, 0.1) is 11.3 Å². The van der Waals surface area contributed by atoms with Gasteiger partial charge < -0.3 is 5.11 Å². The van der Waals surface area contributed by atoms with Crippen LogP contribution in [0.25, 0.3) is 0 Å². The SMILES string of the molecule is CCSC(C(C)C)C1(CC)C(=O)NC(=O)N=C1[O-].[Na+]. The third-order valence-electron chi connectivity index (χ3n) is 3.21. The second-order valence-electron chi connectivity index (χ2n) is 4.62. The van der Waals surface area contributed by atoms with Crippen LogP contribution in [0.2, 0.25) is 0 Å². The van der Waals surface area contributed by atoms with E-state index in [0.29, 0.717) is 6.42 Å². The number of amides is 3. The molecule has 0 aromatic heterocycles. The van der Waals surface area contributed by atoms with Crippen LogP contribution in [-0.4, -0.2) is 28.8 Å². The Bertz CT molecular complexity index is 387. The Morgan fingerprint density at radius 2 is 1.95 bits per heavy atom. The Balaban J connectivity index is 0.00000324. The first kappa shape index (κ1) is 19.0. The molecule has 1 rings (SSSR count). The number of nitrogens with one attached hydrogen (secondary N) is 1. The number of imide groups is 1. The Morgan fingerprint density at radius 1 is 1.37 bits per heavy atom. The number of aliphatic imine (C=N–C) groups is 1. The van der Waals surface area contributed by atoms with Crippen LogP contribution >= 0.6 is 11.8 Å². The standard InChI is InChI=1S/C12H20N2O3S.Na/c1-5-12(8(7(3)4)18-6-2)9(15)13-11(17)14-10(12)16;/h7-8H,5-6H2,1-4H3,(H2,13,14,15,16,17);/q;+1/p-1. The average Bonchev–Trinajstić information content (AvgIpc) is 2.27. The minimum absolute atomic E-state index is 0. The van der Waals surface area contributed by atoms with Gasteiger partial charge in [-0.2, -0.15) is 11.8 Å². The zero-order valence-electron chi connectivity index (χ0n) is 12.1. The number of nitrogens with zero attached hydrogens (tertiary/aromatic N) is 1. The largest absolute Gasteiger partial charge is 1.00 e. The fraction of sp³-hybridized carbons (Fsp3) is 0.750. The first-order chi connectivity index (χ1) is 8.40. The van der Waals surface area contributed by atoms with Crippen LogP contribution in [0.4, 0.5) is 4.79 Å². The van der Waals surface area contributed by atoms with Gasteiger partial charge in [-0.25, -0.2) is 9.79 Å². The molecule has 3 amide bonds. The molecule has 0 spiro atoms. The summed E-state index contributed by atoms with van der Waals surface area (Å²) in [6, 6.07) is -0.849. The third-order valence-corrected chi connectivity index (χ3v) is 4.84. The van der Waals surface area contributed by atoms with Crippen molar-refractivity contribution in [1.82, 2.24) is 5.32 Å². The van der Waals surface area contributed by atoms with E-state index in [2.05, 4.69) is 10.3 Å². The van der Waals surface area contributed by atoms with Gasteiger partial charge in [-0.15, -0.1) is 0 Å². The normalized spacial score (nSPS) is 24.6. The number of thioether (sulfide) groups is 1. The molecule has 1 aliphatic rings. The van der Waals surface area contributed by atoms with E-state index in [1.54, 1.807) is 18.7 Å². The summed E-state index contributed by atoms with van der Waals surface area (Å²) in [5.74, 6) is -0.153. The van der Waals surface area contributed by atoms with Crippen molar-refractivity contribution < 1.29 is 44.3 Å². The van der Waals surface area contributed by atoms with E-state index in [1.165, 1.54) is 0 Å². The van der Waals surface area contributed by atoms with Gasteiger partial charge in [0.2, 0.25) is 5.91 Å². The zero-order chi connectivity index (χ0) is 13.9. The summed E-state index contributed by atoms with van der Waals surface area (Å²) in [5, 5.41) is 14.1. The first-order valence-electron chi connectivity index (χ1n) is 6.13. The van der Waals surface area contributed by atoms with Gasteiger partial charge in [-0.05, 0) is 24.0 Å². The predicted molar refractivity (Wildman–Crippen MR) is 70.5 cm³/mol. The number of carbonyl (C=O) groups is 2. The van der Waals surface area contributed by atoms with E-state index < -0.39 is 23.3 Å². The van der Waals surface area contributed by atoms with Crippen molar-refractivity contribution in [3.05, 3.63) is 0 Å². The van der Waals surface area contributed by atoms with Crippen LogP contribution < -0.4 is 40.0 Å². The van der Waals surface area contributed by atoms with Gasteiger partial charge >= 0.3 is 35.6 Å². The van der Waals surface area contributed by atoms with Crippen LogP contribution in [0.1, 0.15) is 34.1 Å². The number of rotatable bonds is 5. The molecule has 0 fully saturated rings. The second-order valence-corrected chi connectivity index (χ2v) is 6.04. The fourth-order valence-electron chi connectivity index (χ4n) is 2.37. The Labute approximate surface area is 140 Å². The van der Waals surface area contributed by atoms with E-state index >= 15 is 0 Å². The molecule has 2 atom stereocenters. The van der Waals surface area contributed by atoms with Gasteiger partial charge in [0, 0.05) is 5.25 Å². The molecule has 19 heavy (non-hydrogen) atoms. The summed E-state index contributed by atoms with van der Waals surface area (Å²) >= 11 is 1.57. The predicted octanol–water partition coefficient (Wildman–Crippen LogP) is -1.83. The molecule has 1 aliphatic heterocycles. The summed E-state index contributed by atoms with van der Waals surface area (Å²) in [7, 11) is 0. The van der Waals surface area contributed by atoms with Crippen molar-refractivity contribution in [3.63, 3.8) is 0 Å². The fourth-order valence-corrected chi connectivity index (χ4v) is 3.78. The Kier molecular flexibility index (Phi) is 7.65. The summed E-state index contributed by atoms with van der Waals surface area (Å²) in [6.07, 6.45) is 0.351. The van der Waals surface area contributed by atoms with Crippen LogP contribution in [0.3, 0.4) is 0 Å². The Hall–Kier alpha value is -0.0400. The van der Waals surface area contributed by atoms with E-state index in [9.17, 15) is 14.7 Å². The molecule has 1 N–H and O–H groups in total. The van der Waals surface area contributed by atoms with E-state index in [4.69, 9.17) is 0 Å². The zero-order valence-corrected chi connectivity index (χ0v) is 15.0. The number of hydrogen-bond donors (Lipinski definition) is 1. The van der Waals surface area contributed by atoms with Crippen molar-refractivity contribution in [1.29, 1.82) is 0 Å². The molecule has 1 heterocycles. The number of carbonyl (C=O) groups excluding carboxylic acids is 2. The van der Waals surface area contributed by atoms with Gasteiger partial charge in [-0.3, -0.25) is 10.1 Å². The summed E-state index contributed by atoms with van der Waals surface area (Å²) in [5.41, 5.74) is -1.21. The second kappa shape index (κ2) is 7.67. The molecule has 0 aromatic carbocycles. The maximum Gasteiger partial charge on any atom is 1.00 e. The molecule has 0 aliphatic carbocycles. The van der Waals surface area contributed by atoms with Crippen molar-refractivity contribution in [2.45, 2.75) is 39.4 Å². The topological polar surface area (TPSA) is 81.6 Å². The minimum Gasteiger partial charge on any atom is -0.861 e. The molecule has 5 nitrogen and oxygen atoms in total. The molecule has 102 valence electrons. The van der Waals surface area contributed by atoms with E-state index in [1.807, 2.05) is 20.8 Å². The van der Waals surface area contributed by atoms with Gasteiger partial charge in [-0.1, -0.05) is 27.7 Å². The molecular weight excluding hydrogens is 275 g/mol. The molecule has 0 aromatic rings. The monoisotopic (exact) mass is 294 g/mol. The quantitative estimate of drug-likeness (QED) is 0.605. The smallest absolute Gasteiger partial charge is 0.861 e.